The number of carbonyl (C=O) groups is 4. The minimum Gasteiger partial charge on any atom is -0.478 e. The fraction of sp³-hybridized carbons (Fsp3) is 0.273. The summed E-state index contributed by atoms with van der Waals surface area (Å²) in [6, 6.07) is 16.4. The molecule has 2 atom stereocenters. The summed E-state index contributed by atoms with van der Waals surface area (Å²) in [7, 11) is 1.54. The van der Waals surface area contributed by atoms with E-state index in [1.807, 2.05) is 18.2 Å². The van der Waals surface area contributed by atoms with Gasteiger partial charge < -0.3 is 30.5 Å². The number of methoxy groups -OCH3 is 1. The fourth-order valence-corrected chi connectivity index (χ4v) is 5.36. The van der Waals surface area contributed by atoms with Crippen LogP contribution in [0.15, 0.2) is 82.7 Å². The second-order valence-corrected chi connectivity index (χ2v) is 10.8. The third kappa shape index (κ3) is 7.07. The Morgan fingerprint density at radius 3 is 2.49 bits per heavy atom. The lowest BCUT2D eigenvalue weighted by Gasteiger charge is -2.28. The molecule has 0 aromatic heterocycles. The van der Waals surface area contributed by atoms with Gasteiger partial charge in [-0.2, -0.15) is 10.2 Å². The quantitative estimate of drug-likeness (QED) is 0.147. The number of nitrogens with two attached hydrogens (primary N) is 1. The van der Waals surface area contributed by atoms with Gasteiger partial charge in [0.05, 0.1) is 40.7 Å². The highest BCUT2D eigenvalue weighted by Gasteiger charge is 2.41. The van der Waals surface area contributed by atoms with Crippen molar-refractivity contribution in [1.29, 1.82) is 0 Å². The molecule has 0 bridgehead atoms. The molecule has 12 nitrogen and oxygen atoms in total. The van der Waals surface area contributed by atoms with E-state index in [1.54, 1.807) is 48.4 Å². The van der Waals surface area contributed by atoms with Gasteiger partial charge in [0.2, 0.25) is 5.91 Å². The summed E-state index contributed by atoms with van der Waals surface area (Å²) in [5.74, 6) is -1.95. The van der Waals surface area contributed by atoms with Crippen molar-refractivity contribution in [2.24, 2.45) is 16.0 Å². The molecule has 12 heteroatoms. The molecule has 2 amide bonds. The molecule has 0 saturated carbocycles. The number of fused-ring (bicyclic) bond motifs is 2. The number of aromatic carboxylic acids is 1. The van der Waals surface area contributed by atoms with Crippen LogP contribution in [0.1, 0.15) is 57.5 Å². The average Bonchev–Trinajstić information content (AvgIpc) is 3.42. The van der Waals surface area contributed by atoms with Crippen molar-refractivity contribution < 1.29 is 33.8 Å². The van der Waals surface area contributed by atoms with E-state index in [4.69, 9.17) is 20.3 Å². The Balaban J connectivity index is 1.31. The molecule has 3 aromatic rings. The van der Waals surface area contributed by atoms with Gasteiger partial charge in [0.15, 0.2) is 5.75 Å². The third-order valence-corrected chi connectivity index (χ3v) is 7.75. The first-order chi connectivity index (χ1) is 21.6. The molecule has 2 heterocycles. The van der Waals surface area contributed by atoms with Crippen LogP contribution in [-0.2, 0) is 20.7 Å². The number of rotatable bonds is 11. The van der Waals surface area contributed by atoms with Gasteiger partial charge in [-0.1, -0.05) is 29.8 Å². The second kappa shape index (κ2) is 13.5. The first-order valence-corrected chi connectivity index (χ1v) is 14.4. The summed E-state index contributed by atoms with van der Waals surface area (Å²) in [4.78, 5) is 50.8. The number of hydrogen-bond donors (Lipinski definition) is 3. The van der Waals surface area contributed by atoms with E-state index in [1.165, 1.54) is 19.2 Å². The highest BCUT2D eigenvalue weighted by molar-refractivity contribution is 6.03. The SMILES string of the molecule is CO[C@H]1Nc2c(ccc(C)c2OC(=O)CCc2ccccc2N=Nc2ccc(C(=O)O)cc2)C(=O)N2C=C(CCC(N)=O)CC12. The third-order valence-electron chi connectivity index (χ3n) is 7.75. The predicted molar refractivity (Wildman–Crippen MR) is 165 cm³/mol. The van der Waals surface area contributed by atoms with Gasteiger partial charge in [-0.15, -0.1) is 0 Å². The van der Waals surface area contributed by atoms with Crippen molar-refractivity contribution in [2.45, 2.75) is 51.3 Å². The number of nitrogens with one attached hydrogen (secondary N) is 1. The van der Waals surface area contributed by atoms with Gasteiger partial charge >= 0.3 is 11.9 Å². The molecule has 0 spiro atoms. The molecule has 0 saturated heterocycles. The minimum absolute atomic E-state index is 0.0330. The predicted octanol–water partition coefficient (Wildman–Crippen LogP) is 5.41. The number of amides is 2. The van der Waals surface area contributed by atoms with Crippen molar-refractivity contribution in [2.75, 3.05) is 12.4 Å². The van der Waals surface area contributed by atoms with Crippen molar-refractivity contribution in [3.05, 3.63) is 94.7 Å². The lowest BCUT2D eigenvalue weighted by molar-refractivity contribution is -0.134. The van der Waals surface area contributed by atoms with Crippen LogP contribution in [0.25, 0.3) is 0 Å². The number of nitrogens with zero attached hydrogens (tertiary/aromatic N) is 3. The first kappa shape index (κ1) is 31.1. The summed E-state index contributed by atoms with van der Waals surface area (Å²) in [6.45, 7) is 1.80. The van der Waals surface area contributed by atoms with Gasteiger partial charge in [-0.25, -0.2) is 4.79 Å². The minimum atomic E-state index is -1.02. The van der Waals surface area contributed by atoms with Crippen molar-refractivity contribution in [1.82, 2.24) is 4.90 Å². The largest absolute Gasteiger partial charge is 0.478 e. The molecule has 3 aromatic carbocycles. The fourth-order valence-electron chi connectivity index (χ4n) is 5.36. The van der Waals surface area contributed by atoms with Crippen LogP contribution in [0.5, 0.6) is 5.75 Å². The van der Waals surface area contributed by atoms with Crippen molar-refractivity contribution in [3.8, 4) is 5.75 Å². The number of esters is 1. The second-order valence-electron chi connectivity index (χ2n) is 10.8. The smallest absolute Gasteiger partial charge is 0.335 e. The molecule has 45 heavy (non-hydrogen) atoms. The summed E-state index contributed by atoms with van der Waals surface area (Å²) in [5, 5.41) is 20.9. The number of aryl methyl sites for hydroxylation is 2. The normalized spacial score (nSPS) is 17.2. The lowest BCUT2D eigenvalue weighted by Crippen LogP contribution is -2.43. The van der Waals surface area contributed by atoms with Crippen LogP contribution in [0.2, 0.25) is 0 Å². The van der Waals surface area contributed by atoms with Crippen LogP contribution >= 0.6 is 0 Å². The monoisotopic (exact) mass is 611 g/mol. The van der Waals surface area contributed by atoms with E-state index in [0.29, 0.717) is 47.5 Å². The standard InChI is InChI=1S/C33H33N5O7/c1-19-7-14-24-29(35-31(44-2)26-17-20(8-15-27(34)39)18-38(26)32(24)41)30(19)45-28(40)16-11-21-5-3-4-6-25(21)37-36-23-12-9-22(10-13-23)33(42)43/h3-7,9-10,12-14,18,26,31,35H,8,11,15-17H2,1-2H3,(H2,34,39)(H,42,43)/t26?,31-/m1/s1. The number of azo groups is 1. The number of carbonyl (C=O) groups excluding carboxylic acids is 3. The Kier molecular flexibility index (Phi) is 9.33. The van der Waals surface area contributed by atoms with Crippen molar-refractivity contribution >= 4 is 40.8 Å². The summed E-state index contributed by atoms with van der Waals surface area (Å²) >= 11 is 0. The van der Waals surface area contributed by atoms with Crippen LogP contribution in [0, 0.1) is 6.92 Å². The molecule has 0 aliphatic carbocycles. The number of ether oxygens (including phenoxy) is 2. The number of carboxylic acids is 1. The van der Waals surface area contributed by atoms with Crippen LogP contribution < -0.4 is 15.8 Å². The first-order valence-electron chi connectivity index (χ1n) is 14.4. The van der Waals surface area contributed by atoms with E-state index >= 15 is 0 Å². The number of anilines is 1. The molecule has 5 rings (SSSR count). The maximum atomic E-state index is 13.7. The molecule has 0 fully saturated rings. The average molecular weight is 612 g/mol. The number of carboxylic acid groups (broad SMARTS) is 1. The maximum Gasteiger partial charge on any atom is 0.335 e. The Hall–Kier alpha value is -5.36. The van der Waals surface area contributed by atoms with Crippen LogP contribution in [-0.4, -0.2) is 53.1 Å². The van der Waals surface area contributed by atoms with Gasteiger partial charge in [0.25, 0.3) is 5.91 Å². The Morgan fingerprint density at radius 2 is 1.78 bits per heavy atom. The summed E-state index contributed by atoms with van der Waals surface area (Å²) in [6.07, 6.45) is 2.67. The molecular formula is C33H33N5O7. The lowest BCUT2D eigenvalue weighted by atomic mass is 10.0. The molecule has 2 aliphatic heterocycles. The molecule has 1 unspecified atom stereocenters. The molecular weight excluding hydrogens is 578 g/mol. The van der Waals surface area contributed by atoms with Gasteiger partial charge in [-0.3, -0.25) is 14.4 Å². The Bertz CT molecular complexity index is 1700. The number of benzene rings is 3. The van der Waals surface area contributed by atoms with E-state index in [0.717, 1.165) is 11.1 Å². The topological polar surface area (TPSA) is 173 Å². The zero-order valence-electron chi connectivity index (χ0n) is 24.9. The van der Waals surface area contributed by atoms with Crippen LogP contribution in [0.4, 0.5) is 17.1 Å². The van der Waals surface area contributed by atoms with E-state index < -0.39 is 24.1 Å². The van der Waals surface area contributed by atoms with E-state index in [9.17, 15) is 19.2 Å². The molecule has 232 valence electrons. The highest BCUT2D eigenvalue weighted by Crippen LogP contribution is 2.40. The van der Waals surface area contributed by atoms with Gasteiger partial charge in [-0.05, 0) is 73.7 Å². The Morgan fingerprint density at radius 1 is 1.02 bits per heavy atom. The van der Waals surface area contributed by atoms with Crippen molar-refractivity contribution in [3.63, 3.8) is 0 Å². The zero-order chi connectivity index (χ0) is 32.1. The van der Waals surface area contributed by atoms with Gasteiger partial charge in [0, 0.05) is 19.7 Å². The van der Waals surface area contributed by atoms with E-state index in [2.05, 4.69) is 15.5 Å². The highest BCUT2D eigenvalue weighted by atomic mass is 16.5. The molecule has 4 N–H and O–H groups in total. The summed E-state index contributed by atoms with van der Waals surface area (Å²) in [5.41, 5.74) is 9.61. The molecule has 0 radical (unpaired) electrons. The zero-order valence-corrected chi connectivity index (χ0v) is 24.9. The van der Waals surface area contributed by atoms with Gasteiger partial charge in [0.1, 0.15) is 6.23 Å². The number of hydrogen-bond acceptors (Lipinski definition) is 9. The number of primary amides is 1. The molecule has 2 aliphatic rings. The maximum absolute atomic E-state index is 13.7. The summed E-state index contributed by atoms with van der Waals surface area (Å²) < 4.78 is 11.6. The van der Waals surface area contributed by atoms with E-state index in [-0.39, 0.29) is 36.1 Å². The van der Waals surface area contributed by atoms with Crippen LogP contribution in [0.3, 0.4) is 0 Å². The Labute approximate surface area is 259 Å².